The minimum Gasteiger partial charge on any atom is -0.462 e. The minimum absolute atomic E-state index is 0.0508. The van der Waals surface area contributed by atoms with E-state index < -0.39 is 40.3 Å². The summed E-state index contributed by atoms with van der Waals surface area (Å²) in [4.78, 5) is 41.8. The third kappa shape index (κ3) is 5.21. The summed E-state index contributed by atoms with van der Waals surface area (Å²) in [7, 11) is -3.16. The lowest BCUT2D eigenvalue weighted by Gasteiger charge is -2.33. The Morgan fingerprint density at radius 1 is 1.17 bits per heavy atom. The molecule has 1 amide bonds. The quantitative estimate of drug-likeness (QED) is 0.609. The maximum Gasteiger partial charge on any atom is 0.355 e. The van der Waals surface area contributed by atoms with Crippen LogP contribution < -0.4 is 0 Å². The number of aryl methyl sites for hydroxylation is 1. The van der Waals surface area contributed by atoms with Crippen molar-refractivity contribution in [1.29, 1.82) is 0 Å². The van der Waals surface area contributed by atoms with Crippen LogP contribution in [-0.4, -0.2) is 73.0 Å². The molecule has 2 rings (SSSR count). The highest BCUT2D eigenvalue weighted by molar-refractivity contribution is 7.91. The number of aromatic nitrogens is 1. The monoisotopic (exact) mass is 442 g/mol. The van der Waals surface area contributed by atoms with Crippen LogP contribution in [0.3, 0.4) is 0 Å². The third-order valence-corrected chi connectivity index (χ3v) is 7.15. The van der Waals surface area contributed by atoms with Crippen molar-refractivity contribution in [3.8, 4) is 0 Å². The van der Waals surface area contributed by atoms with Gasteiger partial charge in [0.2, 0.25) is 0 Å². The van der Waals surface area contributed by atoms with Crippen molar-refractivity contribution in [2.24, 2.45) is 0 Å². The predicted octanol–water partition coefficient (Wildman–Crippen LogP) is 1.78. The van der Waals surface area contributed by atoms with Crippen molar-refractivity contribution in [3.05, 3.63) is 22.5 Å². The van der Waals surface area contributed by atoms with Crippen LogP contribution in [0.1, 0.15) is 65.7 Å². The van der Waals surface area contributed by atoms with E-state index in [1.54, 1.807) is 20.8 Å². The smallest absolute Gasteiger partial charge is 0.355 e. The zero-order valence-corrected chi connectivity index (χ0v) is 18.9. The number of ether oxygens (including phenoxy) is 2. The van der Waals surface area contributed by atoms with Crippen LogP contribution in [0, 0.1) is 13.8 Å². The van der Waals surface area contributed by atoms with E-state index in [9.17, 15) is 22.8 Å². The van der Waals surface area contributed by atoms with Crippen molar-refractivity contribution in [2.75, 3.05) is 24.7 Å². The van der Waals surface area contributed by atoms with Crippen molar-refractivity contribution in [2.45, 2.75) is 59.5 Å². The van der Waals surface area contributed by atoms with Gasteiger partial charge in [0, 0.05) is 17.8 Å². The number of amides is 1. The zero-order valence-electron chi connectivity index (χ0n) is 18.1. The van der Waals surface area contributed by atoms with E-state index in [0.29, 0.717) is 24.1 Å². The SMILES string of the molecule is CCOC(=O)c1c(C)[nH]c(C(=O)OCC(=O)N(C(C)CC)C2CCS(=O)(=O)C2)c1C. The average Bonchev–Trinajstić information content (AvgIpc) is 3.18. The van der Waals surface area contributed by atoms with Crippen LogP contribution in [0.15, 0.2) is 0 Å². The Balaban J connectivity index is 2.11. The Morgan fingerprint density at radius 3 is 2.37 bits per heavy atom. The highest BCUT2D eigenvalue weighted by Gasteiger charge is 2.37. The third-order valence-electron chi connectivity index (χ3n) is 5.40. The topological polar surface area (TPSA) is 123 Å². The maximum absolute atomic E-state index is 12.8. The standard InChI is InChI=1S/C20H30N2O7S/c1-6-12(3)22(15-8-9-30(26,27)11-15)16(23)10-29-20(25)18-13(4)17(14(5)21-18)19(24)28-7-2/h12,15,21H,6-11H2,1-5H3. The molecule has 1 aliphatic heterocycles. The molecular weight excluding hydrogens is 412 g/mol. The van der Waals surface area contributed by atoms with Crippen LogP contribution in [-0.2, 0) is 24.1 Å². The zero-order chi connectivity index (χ0) is 22.6. The molecule has 2 unspecified atom stereocenters. The summed E-state index contributed by atoms with van der Waals surface area (Å²) in [6.07, 6.45) is 1.03. The van der Waals surface area contributed by atoms with Gasteiger partial charge >= 0.3 is 11.9 Å². The van der Waals surface area contributed by atoms with E-state index in [2.05, 4.69) is 4.98 Å². The molecule has 168 valence electrons. The minimum atomic E-state index is -3.16. The number of nitrogens with zero attached hydrogens (tertiary/aromatic N) is 1. The van der Waals surface area contributed by atoms with E-state index >= 15 is 0 Å². The van der Waals surface area contributed by atoms with Crippen molar-refractivity contribution < 1.29 is 32.3 Å². The fraction of sp³-hybridized carbons (Fsp3) is 0.650. The molecule has 1 fully saturated rings. The molecule has 9 nitrogen and oxygen atoms in total. The summed E-state index contributed by atoms with van der Waals surface area (Å²) < 4.78 is 33.9. The second kappa shape index (κ2) is 9.63. The summed E-state index contributed by atoms with van der Waals surface area (Å²) in [6.45, 7) is 8.38. The van der Waals surface area contributed by atoms with Gasteiger partial charge in [-0.25, -0.2) is 18.0 Å². The molecule has 1 aromatic rings. The van der Waals surface area contributed by atoms with Gasteiger partial charge in [0.15, 0.2) is 16.4 Å². The lowest BCUT2D eigenvalue weighted by Crippen LogP contribution is -2.48. The normalized spacial score (nSPS) is 18.6. The van der Waals surface area contributed by atoms with Gasteiger partial charge in [0.1, 0.15) is 5.69 Å². The Hall–Kier alpha value is -2.36. The molecule has 2 atom stereocenters. The first-order valence-corrected chi connectivity index (χ1v) is 11.9. The molecule has 0 aromatic carbocycles. The number of aromatic amines is 1. The molecule has 10 heteroatoms. The number of H-pyrrole nitrogens is 1. The number of carbonyl (C=O) groups is 3. The molecule has 1 aromatic heterocycles. The van der Waals surface area contributed by atoms with E-state index in [4.69, 9.17) is 9.47 Å². The molecule has 0 radical (unpaired) electrons. The number of hydrogen-bond acceptors (Lipinski definition) is 7. The summed E-state index contributed by atoms with van der Waals surface area (Å²) in [6, 6.07) is -0.597. The largest absolute Gasteiger partial charge is 0.462 e. The molecule has 1 saturated heterocycles. The van der Waals surface area contributed by atoms with Crippen LogP contribution >= 0.6 is 0 Å². The average molecular weight is 443 g/mol. The Morgan fingerprint density at radius 2 is 1.83 bits per heavy atom. The molecule has 0 aliphatic carbocycles. The lowest BCUT2D eigenvalue weighted by atomic mass is 10.1. The highest BCUT2D eigenvalue weighted by atomic mass is 32.2. The fourth-order valence-corrected chi connectivity index (χ4v) is 5.45. The van der Waals surface area contributed by atoms with Crippen LogP contribution in [0.4, 0.5) is 0 Å². The van der Waals surface area contributed by atoms with Gasteiger partial charge in [-0.2, -0.15) is 0 Å². The second-order valence-electron chi connectivity index (χ2n) is 7.54. The van der Waals surface area contributed by atoms with E-state index in [1.807, 2.05) is 13.8 Å². The lowest BCUT2D eigenvalue weighted by molar-refractivity contribution is -0.138. The molecular formula is C20H30N2O7S. The number of rotatable bonds is 8. The van der Waals surface area contributed by atoms with Crippen LogP contribution in [0.25, 0.3) is 0 Å². The first kappa shape index (κ1) is 23.9. The number of carbonyl (C=O) groups excluding carboxylic acids is 3. The van der Waals surface area contributed by atoms with Crippen molar-refractivity contribution >= 4 is 27.7 Å². The first-order valence-electron chi connectivity index (χ1n) is 10.1. The summed E-state index contributed by atoms with van der Waals surface area (Å²) >= 11 is 0. The molecule has 0 bridgehead atoms. The summed E-state index contributed by atoms with van der Waals surface area (Å²) in [5.74, 6) is -1.76. The Kier molecular flexibility index (Phi) is 7.68. The molecule has 1 N–H and O–H groups in total. The Bertz CT molecular complexity index is 920. The second-order valence-corrected chi connectivity index (χ2v) is 9.77. The van der Waals surface area contributed by atoms with Crippen molar-refractivity contribution in [3.63, 3.8) is 0 Å². The van der Waals surface area contributed by atoms with E-state index in [0.717, 1.165) is 0 Å². The number of nitrogens with one attached hydrogen (secondary N) is 1. The van der Waals surface area contributed by atoms with Gasteiger partial charge in [-0.1, -0.05) is 6.92 Å². The number of hydrogen-bond donors (Lipinski definition) is 1. The van der Waals surface area contributed by atoms with Crippen LogP contribution in [0.5, 0.6) is 0 Å². The van der Waals surface area contributed by atoms with Gasteiger partial charge in [0.05, 0.1) is 23.7 Å². The summed E-state index contributed by atoms with van der Waals surface area (Å²) in [5, 5.41) is 0. The molecule has 30 heavy (non-hydrogen) atoms. The molecule has 2 heterocycles. The maximum atomic E-state index is 12.8. The molecule has 0 saturated carbocycles. The summed E-state index contributed by atoms with van der Waals surface area (Å²) in [5.41, 5.74) is 1.22. The van der Waals surface area contributed by atoms with Gasteiger partial charge in [-0.05, 0) is 46.1 Å². The predicted molar refractivity (Wildman–Crippen MR) is 110 cm³/mol. The molecule has 1 aliphatic rings. The number of sulfone groups is 1. The van der Waals surface area contributed by atoms with Gasteiger partial charge < -0.3 is 19.4 Å². The van der Waals surface area contributed by atoms with Crippen molar-refractivity contribution in [1.82, 2.24) is 9.88 Å². The fourth-order valence-electron chi connectivity index (χ4n) is 3.74. The van der Waals surface area contributed by atoms with Gasteiger partial charge in [-0.3, -0.25) is 4.79 Å². The first-order chi connectivity index (χ1) is 14.0. The van der Waals surface area contributed by atoms with Gasteiger partial charge in [0.25, 0.3) is 5.91 Å². The van der Waals surface area contributed by atoms with E-state index in [1.165, 1.54) is 4.90 Å². The Labute approximate surface area is 177 Å². The van der Waals surface area contributed by atoms with E-state index in [-0.39, 0.29) is 35.4 Å². The van der Waals surface area contributed by atoms with Gasteiger partial charge in [-0.15, -0.1) is 0 Å². The number of esters is 2. The highest BCUT2D eigenvalue weighted by Crippen LogP contribution is 2.22. The molecule has 0 spiro atoms. The van der Waals surface area contributed by atoms with Crippen LogP contribution in [0.2, 0.25) is 0 Å².